The van der Waals surface area contributed by atoms with Crippen molar-refractivity contribution in [2.75, 3.05) is 44.2 Å². The molecule has 1 saturated heterocycles. The average molecular weight is 343 g/mol. The second kappa shape index (κ2) is 8.53. The van der Waals surface area contributed by atoms with Gasteiger partial charge in [0.05, 0.1) is 6.54 Å². The molecular weight excluding hydrogens is 318 g/mol. The number of hydrogen-bond acceptors (Lipinski definition) is 5. The topological polar surface area (TPSA) is 73.6 Å². The van der Waals surface area contributed by atoms with Gasteiger partial charge in [0.2, 0.25) is 5.91 Å². The molecule has 2 aromatic rings. The van der Waals surface area contributed by atoms with Gasteiger partial charge in [0.15, 0.2) is 0 Å². The molecule has 2 N–H and O–H groups in total. The van der Waals surface area contributed by atoms with Crippen LogP contribution >= 0.6 is 0 Å². The summed E-state index contributed by atoms with van der Waals surface area (Å²) in [7, 11) is 0. The average Bonchev–Trinajstić information content (AvgIpc) is 3.14. The van der Waals surface area contributed by atoms with Crippen LogP contribution in [0, 0.1) is 0 Å². The number of carbonyl (C=O) groups excluding carboxylic acids is 1. The van der Waals surface area contributed by atoms with Crippen molar-refractivity contribution in [2.45, 2.75) is 13.0 Å². The zero-order valence-corrected chi connectivity index (χ0v) is 14.3. The summed E-state index contributed by atoms with van der Waals surface area (Å²) in [6.07, 6.45) is 4.56. The highest BCUT2D eigenvalue weighted by molar-refractivity contribution is 5.78. The van der Waals surface area contributed by atoms with Crippen molar-refractivity contribution in [3.63, 3.8) is 0 Å². The number of phenolic OH excluding ortho intramolecular Hbond substituents is 1. The number of aromatic nitrogens is 2. The molecule has 0 aliphatic carbocycles. The van der Waals surface area contributed by atoms with Crippen molar-refractivity contribution in [1.29, 1.82) is 0 Å². The van der Waals surface area contributed by atoms with Crippen LogP contribution < -0.4 is 10.2 Å². The number of hydrogen-bond donors (Lipinski definition) is 2. The second-order valence-corrected chi connectivity index (χ2v) is 6.25. The van der Waals surface area contributed by atoms with Gasteiger partial charge < -0.3 is 15.3 Å². The number of nitrogens with one attached hydrogen (secondary N) is 1. The van der Waals surface area contributed by atoms with E-state index in [1.165, 1.54) is 0 Å². The maximum atomic E-state index is 12.0. The normalized spacial score (nSPS) is 15.3. The van der Waals surface area contributed by atoms with E-state index >= 15 is 0 Å². The number of rotatable bonds is 7. The summed E-state index contributed by atoms with van der Waals surface area (Å²) in [4.78, 5) is 16.5. The molecule has 1 fully saturated rings. The van der Waals surface area contributed by atoms with Crippen LogP contribution in [0.4, 0.5) is 5.69 Å². The van der Waals surface area contributed by atoms with Crippen molar-refractivity contribution in [2.24, 2.45) is 0 Å². The first-order valence-corrected chi connectivity index (χ1v) is 8.71. The van der Waals surface area contributed by atoms with Gasteiger partial charge in [0.25, 0.3) is 0 Å². The molecule has 7 nitrogen and oxygen atoms in total. The summed E-state index contributed by atoms with van der Waals surface area (Å²) >= 11 is 0. The highest BCUT2D eigenvalue weighted by atomic mass is 16.3. The van der Waals surface area contributed by atoms with Crippen molar-refractivity contribution < 1.29 is 9.90 Å². The van der Waals surface area contributed by atoms with Gasteiger partial charge >= 0.3 is 0 Å². The quantitative estimate of drug-likeness (QED) is 0.732. The first kappa shape index (κ1) is 17.3. The number of phenols is 1. The molecule has 0 bridgehead atoms. The molecule has 0 unspecified atom stereocenters. The van der Waals surface area contributed by atoms with Gasteiger partial charge in [-0.1, -0.05) is 0 Å². The van der Waals surface area contributed by atoms with Crippen LogP contribution in [0.25, 0.3) is 0 Å². The van der Waals surface area contributed by atoms with Gasteiger partial charge in [-0.05, 0) is 36.8 Å². The fourth-order valence-corrected chi connectivity index (χ4v) is 2.99. The van der Waals surface area contributed by atoms with E-state index in [1.54, 1.807) is 18.3 Å². The third kappa shape index (κ3) is 5.22. The van der Waals surface area contributed by atoms with Crippen LogP contribution in [-0.2, 0) is 11.3 Å². The highest BCUT2D eigenvalue weighted by Crippen LogP contribution is 2.19. The van der Waals surface area contributed by atoms with E-state index < -0.39 is 0 Å². The Labute approximate surface area is 147 Å². The van der Waals surface area contributed by atoms with E-state index in [1.807, 2.05) is 29.1 Å². The van der Waals surface area contributed by atoms with E-state index in [2.05, 4.69) is 20.2 Å². The Morgan fingerprint density at radius 1 is 1.16 bits per heavy atom. The zero-order chi connectivity index (χ0) is 17.5. The highest BCUT2D eigenvalue weighted by Gasteiger charge is 2.19. The summed E-state index contributed by atoms with van der Waals surface area (Å²) in [5.41, 5.74) is 1.11. The third-order valence-electron chi connectivity index (χ3n) is 4.40. The Kier molecular flexibility index (Phi) is 5.90. The van der Waals surface area contributed by atoms with Crippen molar-refractivity contribution in [3.05, 3.63) is 42.7 Å². The molecule has 2 heterocycles. The van der Waals surface area contributed by atoms with Crippen LogP contribution in [0.1, 0.15) is 6.42 Å². The molecule has 0 radical (unpaired) electrons. The Bertz CT molecular complexity index is 649. The van der Waals surface area contributed by atoms with Gasteiger partial charge in [-0.2, -0.15) is 5.10 Å². The van der Waals surface area contributed by atoms with E-state index in [0.717, 1.165) is 44.8 Å². The van der Waals surface area contributed by atoms with Gasteiger partial charge in [-0.3, -0.25) is 14.4 Å². The number of benzene rings is 1. The van der Waals surface area contributed by atoms with E-state index in [9.17, 15) is 9.90 Å². The predicted molar refractivity (Wildman–Crippen MR) is 96.6 cm³/mol. The molecule has 1 aliphatic rings. The fourth-order valence-electron chi connectivity index (χ4n) is 2.99. The lowest BCUT2D eigenvalue weighted by atomic mass is 10.2. The summed E-state index contributed by atoms with van der Waals surface area (Å²) in [5.74, 6) is 0.366. The van der Waals surface area contributed by atoms with E-state index in [4.69, 9.17) is 0 Å². The SMILES string of the molecule is O=C(CN1CCN(c2ccc(O)cc2)CC1)NCCCn1cccn1. The molecule has 0 spiro atoms. The molecule has 1 amide bonds. The zero-order valence-electron chi connectivity index (χ0n) is 14.3. The monoisotopic (exact) mass is 343 g/mol. The van der Waals surface area contributed by atoms with Crippen LogP contribution in [0.3, 0.4) is 0 Å². The molecule has 1 aromatic carbocycles. The van der Waals surface area contributed by atoms with E-state index in [0.29, 0.717) is 13.1 Å². The largest absolute Gasteiger partial charge is 0.508 e. The van der Waals surface area contributed by atoms with Gasteiger partial charge in [-0.15, -0.1) is 0 Å². The minimum atomic E-state index is 0.0820. The Morgan fingerprint density at radius 3 is 2.60 bits per heavy atom. The maximum Gasteiger partial charge on any atom is 0.234 e. The molecule has 134 valence electrons. The van der Waals surface area contributed by atoms with Gasteiger partial charge in [0.1, 0.15) is 5.75 Å². The number of anilines is 1. The molecule has 3 rings (SSSR count). The molecular formula is C18H25N5O2. The third-order valence-corrected chi connectivity index (χ3v) is 4.40. The van der Waals surface area contributed by atoms with Gasteiger partial charge in [-0.25, -0.2) is 0 Å². The minimum Gasteiger partial charge on any atom is -0.508 e. The standard InChI is InChI=1S/C18H25N5O2/c24-17-5-3-16(4-6-17)22-13-11-21(12-14-22)15-18(25)19-7-1-9-23-10-2-8-20-23/h2-6,8,10,24H,1,7,9,11-15H2,(H,19,25). The molecule has 1 aromatic heterocycles. The second-order valence-electron chi connectivity index (χ2n) is 6.25. The Hall–Kier alpha value is -2.54. The summed E-state index contributed by atoms with van der Waals surface area (Å²) in [6.45, 7) is 5.44. The smallest absolute Gasteiger partial charge is 0.234 e. The number of aryl methyl sites for hydroxylation is 1. The molecule has 7 heteroatoms. The molecule has 25 heavy (non-hydrogen) atoms. The summed E-state index contributed by atoms with van der Waals surface area (Å²) in [6, 6.07) is 9.17. The number of aromatic hydroxyl groups is 1. The lowest BCUT2D eigenvalue weighted by Gasteiger charge is -2.35. The number of carbonyl (C=O) groups is 1. The molecule has 0 saturated carbocycles. The van der Waals surface area contributed by atoms with Crippen LogP contribution in [0.5, 0.6) is 5.75 Å². The van der Waals surface area contributed by atoms with Crippen LogP contribution in [0.2, 0.25) is 0 Å². The number of nitrogens with zero attached hydrogens (tertiary/aromatic N) is 4. The molecule has 0 atom stereocenters. The summed E-state index contributed by atoms with van der Waals surface area (Å²) in [5, 5.41) is 16.5. The Balaban J connectivity index is 1.32. The summed E-state index contributed by atoms with van der Waals surface area (Å²) < 4.78 is 1.87. The molecule has 1 aliphatic heterocycles. The fraction of sp³-hybridized carbons (Fsp3) is 0.444. The number of amides is 1. The minimum absolute atomic E-state index is 0.0820. The van der Waals surface area contributed by atoms with Crippen molar-refractivity contribution in [3.8, 4) is 5.75 Å². The maximum absolute atomic E-state index is 12.0. The van der Waals surface area contributed by atoms with Crippen molar-refractivity contribution in [1.82, 2.24) is 20.0 Å². The Morgan fingerprint density at radius 2 is 1.92 bits per heavy atom. The van der Waals surface area contributed by atoms with Crippen molar-refractivity contribution >= 4 is 11.6 Å². The lowest BCUT2D eigenvalue weighted by Crippen LogP contribution is -2.49. The lowest BCUT2D eigenvalue weighted by molar-refractivity contribution is -0.122. The first-order valence-electron chi connectivity index (χ1n) is 8.71. The van der Waals surface area contributed by atoms with Crippen LogP contribution in [0.15, 0.2) is 42.7 Å². The number of piperazine rings is 1. The first-order chi connectivity index (χ1) is 12.2. The van der Waals surface area contributed by atoms with Crippen LogP contribution in [-0.4, -0.2) is 65.0 Å². The van der Waals surface area contributed by atoms with E-state index in [-0.39, 0.29) is 11.7 Å². The van der Waals surface area contributed by atoms with Gasteiger partial charge in [0, 0.05) is 57.3 Å². The predicted octanol–water partition coefficient (Wildman–Crippen LogP) is 0.917.